The lowest BCUT2D eigenvalue weighted by Crippen LogP contribution is -2.41. The number of aliphatic hydroxyl groups is 1. The van der Waals surface area contributed by atoms with Crippen LogP contribution in [0.25, 0.3) is 0 Å². The fourth-order valence-corrected chi connectivity index (χ4v) is 2.10. The number of aliphatic hydroxyl groups excluding tert-OH is 1. The first-order valence-corrected chi connectivity index (χ1v) is 6.24. The van der Waals surface area contributed by atoms with Crippen LogP contribution in [-0.4, -0.2) is 62.4 Å². The normalized spacial score (nSPS) is 23.5. The van der Waals surface area contributed by atoms with Gasteiger partial charge < -0.3 is 15.2 Å². The van der Waals surface area contributed by atoms with Gasteiger partial charge in [0.25, 0.3) is 0 Å². The molecule has 5 heteroatoms. The zero-order valence-electron chi connectivity index (χ0n) is 10.8. The third-order valence-electron chi connectivity index (χ3n) is 3.04. The second kappa shape index (κ2) is 7.63. The van der Waals surface area contributed by atoms with Crippen LogP contribution in [0.15, 0.2) is 0 Å². The van der Waals surface area contributed by atoms with Gasteiger partial charge in [0, 0.05) is 26.8 Å². The number of hydrogen-bond acceptors (Lipinski definition) is 4. The minimum Gasteiger partial charge on any atom is -0.393 e. The molecular weight excluding hydrogens is 220 g/mol. The lowest BCUT2D eigenvalue weighted by atomic mass is 9.82. The van der Waals surface area contributed by atoms with Gasteiger partial charge in [-0.05, 0) is 32.2 Å². The second-order valence-electron chi connectivity index (χ2n) is 4.88. The van der Waals surface area contributed by atoms with Gasteiger partial charge in [0.05, 0.1) is 12.6 Å². The van der Waals surface area contributed by atoms with Crippen molar-refractivity contribution in [3.63, 3.8) is 0 Å². The minimum absolute atomic E-state index is 0.0588. The summed E-state index contributed by atoms with van der Waals surface area (Å²) in [5.74, 6) is 0.611. The zero-order chi connectivity index (χ0) is 12.7. The van der Waals surface area contributed by atoms with Crippen LogP contribution in [-0.2, 0) is 9.53 Å². The van der Waals surface area contributed by atoms with Gasteiger partial charge in [-0.2, -0.15) is 0 Å². The second-order valence-corrected chi connectivity index (χ2v) is 4.88. The largest absolute Gasteiger partial charge is 0.393 e. The highest BCUT2D eigenvalue weighted by Gasteiger charge is 2.28. The molecule has 2 N–H and O–H groups in total. The molecule has 0 atom stereocenters. The lowest BCUT2D eigenvalue weighted by Gasteiger charge is -2.34. The maximum Gasteiger partial charge on any atom is 0.234 e. The minimum atomic E-state index is -0.115. The summed E-state index contributed by atoms with van der Waals surface area (Å²) in [6, 6.07) is 0. The van der Waals surface area contributed by atoms with Crippen LogP contribution in [0.2, 0.25) is 0 Å². The number of ether oxygens (including phenoxy) is 1. The van der Waals surface area contributed by atoms with Gasteiger partial charge >= 0.3 is 0 Å². The standard InChI is InChI=1S/C12H24N2O3/c1-14(8-10-6-11(15)7-10)9-12(16)13-4-3-5-17-2/h10-11,15H,3-9H2,1-2H3,(H,13,16). The summed E-state index contributed by atoms with van der Waals surface area (Å²) >= 11 is 0. The number of nitrogens with zero attached hydrogens (tertiary/aromatic N) is 1. The van der Waals surface area contributed by atoms with Crippen molar-refractivity contribution >= 4 is 5.91 Å². The number of nitrogens with one attached hydrogen (secondary N) is 1. The molecule has 17 heavy (non-hydrogen) atoms. The predicted molar refractivity (Wildman–Crippen MR) is 65.7 cm³/mol. The Morgan fingerprint density at radius 2 is 2.24 bits per heavy atom. The van der Waals surface area contributed by atoms with E-state index in [-0.39, 0.29) is 12.0 Å². The van der Waals surface area contributed by atoms with Gasteiger partial charge in [0.2, 0.25) is 5.91 Å². The fraction of sp³-hybridized carbons (Fsp3) is 0.917. The first kappa shape index (κ1) is 14.4. The van der Waals surface area contributed by atoms with E-state index in [2.05, 4.69) is 5.32 Å². The van der Waals surface area contributed by atoms with E-state index in [1.54, 1.807) is 7.11 Å². The van der Waals surface area contributed by atoms with E-state index in [9.17, 15) is 9.90 Å². The number of hydrogen-bond donors (Lipinski definition) is 2. The highest BCUT2D eigenvalue weighted by Crippen LogP contribution is 2.27. The van der Waals surface area contributed by atoms with Gasteiger partial charge in [-0.15, -0.1) is 0 Å². The molecular formula is C12H24N2O3. The van der Waals surface area contributed by atoms with Gasteiger partial charge in [-0.25, -0.2) is 0 Å². The van der Waals surface area contributed by atoms with E-state index in [1.165, 1.54) is 0 Å². The Kier molecular flexibility index (Phi) is 6.47. The van der Waals surface area contributed by atoms with Crippen molar-refractivity contribution in [1.82, 2.24) is 10.2 Å². The number of carbonyl (C=O) groups is 1. The maximum absolute atomic E-state index is 11.5. The van der Waals surface area contributed by atoms with Crippen molar-refractivity contribution in [2.45, 2.75) is 25.4 Å². The molecule has 1 aliphatic rings. The predicted octanol–water partition coefficient (Wildman–Crippen LogP) is -0.158. The molecule has 0 bridgehead atoms. The Bertz CT molecular complexity index is 230. The molecule has 100 valence electrons. The SMILES string of the molecule is COCCCNC(=O)CN(C)CC1CC(O)C1. The van der Waals surface area contributed by atoms with Crippen LogP contribution in [0.3, 0.4) is 0 Å². The number of rotatable bonds is 8. The Labute approximate surface area is 103 Å². The van der Waals surface area contributed by atoms with Crippen LogP contribution in [0.1, 0.15) is 19.3 Å². The third kappa shape index (κ3) is 6.00. The molecule has 0 saturated heterocycles. The molecule has 0 aliphatic heterocycles. The van der Waals surface area contributed by atoms with Crippen molar-refractivity contribution in [3.05, 3.63) is 0 Å². The molecule has 5 nitrogen and oxygen atoms in total. The first-order valence-electron chi connectivity index (χ1n) is 6.24. The van der Waals surface area contributed by atoms with Crippen LogP contribution in [0.4, 0.5) is 0 Å². The average Bonchev–Trinajstić information content (AvgIpc) is 2.22. The third-order valence-corrected chi connectivity index (χ3v) is 3.04. The molecule has 0 aromatic rings. The van der Waals surface area contributed by atoms with Gasteiger partial charge in [0.1, 0.15) is 0 Å². The Hall–Kier alpha value is -0.650. The smallest absolute Gasteiger partial charge is 0.234 e. The van der Waals surface area contributed by atoms with E-state index in [0.29, 0.717) is 25.6 Å². The molecule has 1 aliphatic carbocycles. The van der Waals surface area contributed by atoms with E-state index in [1.807, 2.05) is 11.9 Å². The van der Waals surface area contributed by atoms with Crippen molar-refractivity contribution in [2.75, 3.05) is 40.4 Å². The Morgan fingerprint density at radius 1 is 1.53 bits per heavy atom. The van der Waals surface area contributed by atoms with Crippen molar-refractivity contribution in [1.29, 1.82) is 0 Å². The monoisotopic (exact) mass is 244 g/mol. The van der Waals surface area contributed by atoms with Crippen molar-refractivity contribution in [2.24, 2.45) is 5.92 Å². The fourth-order valence-electron chi connectivity index (χ4n) is 2.10. The molecule has 1 fully saturated rings. The highest BCUT2D eigenvalue weighted by molar-refractivity contribution is 5.77. The maximum atomic E-state index is 11.5. The van der Waals surface area contributed by atoms with Gasteiger partial charge in [-0.3, -0.25) is 9.69 Å². The number of amides is 1. The lowest BCUT2D eigenvalue weighted by molar-refractivity contribution is -0.122. The highest BCUT2D eigenvalue weighted by atomic mass is 16.5. The summed E-state index contributed by atoms with van der Waals surface area (Å²) in [4.78, 5) is 13.5. The molecule has 0 heterocycles. The summed E-state index contributed by atoms with van der Waals surface area (Å²) in [5, 5.41) is 12.0. The summed E-state index contributed by atoms with van der Waals surface area (Å²) in [6.07, 6.45) is 2.48. The molecule has 1 saturated carbocycles. The van der Waals surface area contributed by atoms with Crippen LogP contribution < -0.4 is 5.32 Å². The molecule has 0 radical (unpaired) electrons. The molecule has 1 rings (SSSR count). The zero-order valence-corrected chi connectivity index (χ0v) is 10.8. The van der Waals surface area contributed by atoms with Crippen molar-refractivity contribution < 1.29 is 14.6 Å². The summed E-state index contributed by atoms with van der Waals surface area (Å²) < 4.78 is 4.90. The first-order chi connectivity index (χ1) is 8.11. The summed E-state index contributed by atoms with van der Waals surface area (Å²) in [7, 11) is 3.60. The van der Waals surface area contributed by atoms with Gasteiger partial charge in [0.15, 0.2) is 0 Å². The quantitative estimate of drug-likeness (QED) is 0.583. The van der Waals surface area contributed by atoms with E-state index < -0.39 is 0 Å². The number of likely N-dealkylation sites (N-methyl/N-ethyl adjacent to an activating group) is 1. The molecule has 0 aromatic carbocycles. The molecule has 0 aromatic heterocycles. The van der Waals surface area contributed by atoms with E-state index in [0.717, 1.165) is 25.8 Å². The molecule has 0 unspecified atom stereocenters. The van der Waals surface area contributed by atoms with Crippen LogP contribution in [0, 0.1) is 5.92 Å². The topological polar surface area (TPSA) is 61.8 Å². The molecule has 0 spiro atoms. The van der Waals surface area contributed by atoms with Crippen LogP contribution in [0.5, 0.6) is 0 Å². The van der Waals surface area contributed by atoms with Gasteiger partial charge in [-0.1, -0.05) is 0 Å². The van der Waals surface area contributed by atoms with E-state index >= 15 is 0 Å². The average molecular weight is 244 g/mol. The number of methoxy groups -OCH3 is 1. The number of carbonyl (C=O) groups excluding carboxylic acids is 1. The Balaban J connectivity index is 2.00. The Morgan fingerprint density at radius 3 is 2.82 bits per heavy atom. The van der Waals surface area contributed by atoms with Crippen LogP contribution >= 0.6 is 0 Å². The summed E-state index contributed by atoms with van der Waals surface area (Å²) in [6.45, 7) is 2.67. The molecule has 1 amide bonds. The van der Waals surface area contributed by atoms with E-state index in [4.69, 9.17) is 4.74 Å². The summed E-state index contributed by atoms with van der Waals surface area (Å²) in [5.41, 5.74) is 0. The van der Waals surface area contributed by atoms with Crippen molar-refractivity contribution in [3.8, 4) is 0 Å².